The van der Waals surface area contributed by atoms with Gasteiger partial charge in [-0.05, 0) is 56.4 Å². The summed E-state index contributed by atoms with van der Waals surface area (Å²) in [6.07, 6.45) is 3.16. The van der Waals surface area contributed by atoms with E-state index in [1.807, 2.05) is 11.4 Å². The fourth-order valence-corrected chi connectivity index (χ4v) is 4.21. The zero-order valence-corrected chi connectivity index (χ0v) is 19.3. The van der Waals surface area contributed by atoms with E-state index in [-0.39, 0.29) is 18.0 Å². The predicted octanol–water partition coefficient (Wildman–Crippen LogP) is 4.51. The first kappa shape index (κ1) is 23.3. The number of anilines is 1. The fourth-order valence-electron chi connectivity index (χ4n) is 4.21. The lowest BCUT2D eigenvalue weighted by Gasteiger charge is -2.19. The second-order valence-electron chi connectivity index (χ2n) is 9.69. The Labute approximate surface area is 198 Å². The molecule has 7 nitrogen and oxygen atoms in total. The van der Waals surface area contributed by atoms with Crippen molar-refractivity contribution in [3.05, 3.63) is 59.2 Å². The van der Waals surface area contributed by atoms with Gasteiger partial charge in [-0.3, -0.25) is 4.79 Å². The number of carbonyl (C=O) groups excluding carboxylic acids is 1. The Bertz CT molecular complexity index is 1340. The van der Waals surface area contributed by atoms with Gasteiger partial charge in [0.25, 0.3) is 5.91 Å². The molecule has 0 saturated heterocycles. The van der Waals surface area contributed by atoms with Gasteiger partial charge in [-0.1, -0.05) is 6.08 Å². The van der Waals surface area contributed by atoms with Crippen molar-refractivity contribution in [1.82, 2.24) is 24.9 Å². The first-order valence-corrected chi connectivity index (χ1v) is 11.3. The van der Waals surface area contributed by atoms with Crippen molar-refractivity contribution in [3.63, 3.8) is 0 Å². The van der Waals surface area contributed by atoms with Crippen LogP contribution < -0.4 is 10.6 Å². The number of nitrogens with zero attached hydrogens (tertiary/aromatic N) is 4. The molecule has 0 aliphatic heterocycles. The van der Waals surface area contributed by atoms with Crippen molar-refractivity contribution in [3.8, 4) is 0 Å². The van der Waals surface area contributed by atoms with Crippen LogP contribution in [0.1, 0.15) is 60.3 Å². The molecule has 0 aromatic carbocycles. The quantitative estimate of drug-likeness (QED) is 0.499. The van der Waals surface area contributed by atoms with Gasteiger partial charge in [0.1, 0.15) is 11.7 Å². The number of halogens is 4. The number of hydrogen-bond acceptors (Lipinski definition) is 5. The largest absolute Gasteiger partial charge is 0.408 e. The number of aromatic nitrogens is 4. The topological polar surface area (TPSA) is 84.2 Å². The molecular weight excluding hydrogens is 464 g/mol. The molecule has 3 aromatic rings. The molecule has 2 N–H and O–H groups in total. The molecule has 3 atom stereocenters. The Morgan fingerprint density at radius 3 is 2.74 bits per heavy atom. The second-order valence-corrected chi connectivity index (χ2v) is 9.69. The van der Waals surface area contributed by atoms with Crippen molar-refractivity contribution in [1.29, 1.82) is 0 Å². The van der Waals surface area contributed by atoms with Crippen LogP contribution in [-0.2, 0) is 0 Å². The number of pyridine rings is 1. The third-order valence-electron chi connectivity index (χ3n) is 6.26. The van der Waals surface area contributed by atoms with E-state index in [0.717, 1.165) is 35.7 Å². The number of allylic oxidation sites excluding steroid dienone is 1. The summed E-state index contributed by atoms with van der Waals surface area (Å²) < 4.78 is 54.1. The van der Waals surface area contributed by atoms with E-state index in [1.54, 1.807) is 18.5 Å². The Kier molecular flexibility index (Phi) is 5.33. The highest BCUT2D eigenvalue weighted by atomic mass is 19.4. The molecule has 0 bridgehead atoms. The molecule has 2 aliphatic carbocycles. The number of rotatable bonds is 6. The third kappa shape index (κ3) is 4.59. The average molecular weight is 488 g/mol. The first-order chi connectivity index (χ1) is 16.4. The molecule has 1 amide bonds. The number of carbonyl (C=O) groups is 1. The maximum Gasteiger partial charge on any atom is 0.408 e. The summed E-state index contributed by atoms with van der Waals surface area (Å²) in [5.41, 5.74) is 2.41. The second kappa shape index (κ2) is 8.03. The molecular formula is C24H24F4N6O. The summed E-state index contributed by atoms with van der Waals surface area (Å²) in [5.74, 6) is 0.108. The molecule has 184 valence electrons. The lowest BCUT2D eigenvalue weighted by molar-refractivity contribution is -0.149. The van der Waals surface area contributed by atoms with Crippen molar-refractivity contribution in [2.75, 3.05) is 11.9 Å². The van der Waals surface area contributed by atoms with Gasteiger partial charge in [0, 0.05) is 23.9 Å². The summed E-state index contributed by atoms with van der Waals surface area (Å²) in [6, 6.07) is 1.57. The highest BCUT2D eigenvalue weighted by Gasteiger charge is 2.43. The van der Waals surface area contributed by atoms with E-state index in [4.69, 9.17) is 0 Å². The number of hydrogen-bond donors (Lipinski definition) is 2. The van der Waals surface area contributed by atoms with Crippen LogP contribution in [0, 0.1) is 5.92 Å². The Balaban J connectivity index is 1.46. The molecule has 1 fully saturated rings. The van der Waals surface area contributed by atoms with Crippen molar-refractivity contribution < 1.29 is 22.4 Å². The van der Waals surface area contributed by atoms with E-state index in [2.05, 4.69) is 26.5 Å². The minimum absolute atomic E-state index is 0.0496. The highest BCUT2D eigenvalue weighted by Crippen LogP contribution is 2.55. The summed E-state index contributed by atoms with van der Waals surface area (Å²) in [4.78, 5) is 21.6. The van der Waals surface area contributed by atoms with Gasteiger partial charge in [0.2, 0.25) is 5.95 Å². The van der Waals surface area contributed by atoms with Gasteiger partial charge >= 0.3 is 6.18 Å². The molecule has 0 spiro atoms. The van der Waals surface area contributed by atoms with Crippen LogP contribution in [0.2, 0.25) is 0 Å². The smallest absolute Gasteiger partial charge is 0.351 e. The third-order valence-corrected chi connectivity index (χ3v) is 6.26. The molecule has 11 heteroatoms. The predicted molar refractivity (Wildman–Crippen MR) is 122 cm³/mol. The van der Waals surface area contributed by atoms with Crippen LogP contribution in [0.15, 0.2) is 36.8 Å². The summed E-state index contributed by atoms with van der Waals surface area (Å²) in [7, 11) is 0. The zero-order valence-electron chi connectivity index (χ0n) is 19.3. The average Bonchev–Trinajstić information content (AvgIpc) is 3.45. The van der Waals surface area contributed by atoms with Gasteiger partial charge in [0.05, 0.1) is 29.5 Å². The molecule has 0 radical (unpaired) electrons. The van der Waals surface area contributed by atoms with E-state index in [1.165, 1.54) is 24.6 Å². The van der Waals surface area contributed by atoms with Crippen molar-refractivity contribution in [2.45, 2.75) is 51.0 Å². The lowest BCUT2D eigenvalue weighted by atomic mass is 9.91. The van der Waals surface area contributed by atoms with Crippen molar-refractivity contribution >= 4 is 22.9 Å². The van der Waals surface area contributed by atoms with E-state index < -0.39 is 23.8 Å². The van der Waals surface area contributed by atoms with E-state index in [9.17, 15) is 22.4 Å². The van der Waals surface area contributed by atoms with E-state index in [0.29, 0.717) is 17.4 Å². The molecule has 5 rings (SSSR count). The number of nitrogens with one attached hydrogen (secondary N) is 2. The minimum Gasteiger partial charge on any atom is -0.351 e. The summed E-state index contributed by atoms with van der Waals surface area (Å²) >= 11 is 0. The SMILES string of the molecule is C[C@@H](NC(=O)c1cnn2ccc(C3=C[C@@H]4CC4c4nc(NCC(C)(C)F)ncc43)cc12)C(F)(F)F. The van der Waals surface area contributed by atoms with Crippen LogP contribution in [0.4, 0.5) is 23.5 Å². The molecule has 3 heterocycles. The highest BCUT2D eigenvalue weighted by molar-refractivity contribution is 6.01. The first-order valence-electron chi connectivity index (χ1n) is 11.3. The number of fused-ring (bicyclic) bond motifs is 4. The Morgan fingerprint density at radius 2 is 2.03 bits per heavy atom. The zero-order chi connectivity index (χ0) is 25.1. The van der Waals surface area contributed by atoms with Gasteiger partial charge in [-0.25, -0.2) is 18.9 Å². The molecule has 1 saturated carbocycles. The van der Waals surface area contributed by atoms with Crippen LogP contribution in [0.25, 0.3) is 11.1 Å². The Morgan fingerprint density at radius 1 is 1.26 bits per heavy atom. The molecule has 2 aliphatic rings. The number of alkyl halides is 4. The summed E-state index contributed by atoms with van der Waals surface area (Å²) in [5, 5.41) is 9.03. The maximum absolute atomic E-state index is 13.9. The molecule has 35 heavy (non-hydrogen) atoms. The van der Waals surface area contributed by atoms with Crippen LogP contribution in [0.5, 0.6) is 0 Å². The van der Waals surface area contributed by atoms with Crippen LogP contribution in [0.3, 0.4) is 0 Å². The standard InChI is InChI=1S/C24H24F4N6O/c1-12(24(26,27)28)32-21(35)18-10-31-34-5-4-13(8-19(18)34)15-6-14-7-16(14)20-17(15)9-29-22(33-20)30-11-23(2,3)25/h4-6,8-10,12,14,16H,7,11H2,1-3H3,(H,32,35)(H,29,30,33)/t12-,14-,16?/m1/s1. The van der Waals surface area contributed by atoms with Crippen LogP contribution >= 0.6 is 0 Å². The summed E-state index contributed by atoms with van der Waals surface area (Å²) in [6.45, 7) is 3.92. The van der Waals surface area contributed by atoms with Gasteiger partial charge in [0.15, 0.2) is 0 Å². The van der Waals surface area contributed by atoms with Crippen molar-refractivity contribution in [2.24, 2.45) is 5.92 Å². The normalized spacial score (nSPS) is 20.0. The van der Waals surface area contributed by atoms with Gasteiger partial charge < -0.3 is 10.6 Å². The Hall–Kier alpha value is -3.50. The number of amides is 1. The molecule has 3 aromatic heterocycles. The maximum atomic E-state index is 13.9. The lowest BCUT2D eigenvalue weighted by Crippen LogP contribution is -2.43. The molecule has 1 unspecified atom stereocenters. The minimum atomic E-state index is -4.55. The van der Waals surface area contributed by atoms with Gasteiger partial charge in [-0.15, -0.1) is 0 Å². The van der Waals surface area contributed by atoms with Gasteiger partial charge in [-0.2, -0.15) is 18.3 Å². The fraction of sp³-hybridized carbons (Fsp3) is 0.417. The van der Waals surface area contributed by atoms with E-state index >= 15 is 0 Å². The monoisotopic (exact) mass is 488 g/mol. The van der Waals surface area contributed by atoms with Crippen LogP contribution in [-0.4, -0.2) is 49.9 Å².